The summed E-state index contributed by atoms with van der Waals surface area (Å²) in [6.07, 6.45) is 0. The van der Waals surface area contributed by atoms with Crippen LogP contribution in [0, 0.1) is 0 Å². The van der Waals surface area contributed by atoms with Crippen LogP contribution < -0.4 is 10.5 Å². The van der Waals surface area contributed by atoms with Crippen molar-refractivity contribution in [1.82, 2.24) is 0 Å². The summed E-state index contributed by atoms with van der Waals surface area (Å²) < 4.78 is 5.79. The monoisotopic (exact) mass is 296 g/mol. The van der Waals surface area contributed by atoms with Gasteiger partial charge >= 0.3 is 0 Å². The molecule has 0 amide bonds. The second kappa shape index (κ2) is 6.45. The van der Waals surface area contributed by atoms with Gasteiger partial charge in [-0.1, -0.05) is 16.8 Å². The fraction of sp³-hybridized carbons (Fsp3) is 0.154. The molecule has 0 aliphatic carbocycles. The van der Waals surface area contributed by atoms with Crippen LogP contribution >= 0.6 is 22.9 Å². The number of ether oxygens (including phenoxy) is 1. The lowest BCUT2D eigenvalue weighted by molar-refractivity contribution is 0.132. The van der Waals surface area contributed by atoms with Crippen LogP contribution in [0.25, 0.3) is 0 Å². The summed E-state index contributed by atoms with van der Waals surface area (Å²) in [4.78, 5) is 6.19. The van der Waals surface area contributed by atoms with Gasteiger partial charge in [0.05, 0.1) is 11.4 Å². The molecule has 2 rings (SSSR count). The highest BCUT2D eigenvalue weighted by Crippen LogP contribution is 2.22. The highest BCUT2D eigenvalue weighted by Gasteiger charge is 2.01. The Labute approximate surface area is 120 Å². The third kappa shape index (κ3) is 3.87. The van der Waals surface area contributed by atoms with E-state index < -0.39 is 0 Å². The Morgan fingerprint density at radius 2 is 2.00 bits per heavy atom. The van der Waals surface area contributed by atoms with Gasteiger partial charge in [-0.15, -0.1) is 11.3 Å². The van der Waals surface area contributed by atoms with Gasteiger partial charge in [-0.25, -0.2) is 0 Å². The Hall–Kier alpha value is -1.72. The minimum absolute atomic E-state index is 0.324. The maximum absolute atomic E-state index is 5.82. The molecule has 0 atom stereocenters. The van der Waals surface area contributed by atoms with Crippen molar-refractivity contribution in [2.24, 2.45) is 10.9 Å². The molecule has 0 bridgehead atoms. The van der Waals surface area contributed by atoms with E-state index >= 15 is 0 Å². The first kappa shape index (κ1) is 13.7. The van der Waals surface area contributed by atoms with Crippen LogP contribution in [0.4, 0.5) is 0 Å². The molecule has 0 saturated heterocycles. The molecular formula is C13H13ClN2O2S. The van der Waals surface area contributed by atoms with E-state index in [1.54, 1.807) is 7.11 Å². The molecule has 0 fully saturated rings. The maximum atomic E-state index is 5.82. The molecular weight excluding hydrogens is 284 g/mol. The number of hydrogen-bond acceptors (Lipinski definition) is 4. The van der Waals surface area contributed by atoms with Crippen molar-refractivity contribution in [2.45, 2.75) is 6.61 Å². The Balaban J connectivity index is 1.94. The number of methoxy groups -OCH3 is 1. The lowest BCUT2D eigenvalue weighted by Crippen LogP contribution is -2.13. The Bertz CT molecular complexity index is 566. The summed E-state index contributed by atoms with van der Waals surface area (Å²) in [6.45, 7) is 0.355. The second-order valence-corrected chi connectivity index (χ2v) is 5.48. The predicted octanol–water partition coefficient (Wildman–Crippen LogP) is 3.25. The van der Waals surface area contributed by atoms with E-state index in [-0.39, 0.29) is 0 Å². The summed E-state index contributed by atoms with van der Waals surface area (Å²) >= 11 is 7.27. The van der Waals surface area contributed by atoms with Crippen molar-refractivity contribution < 1.29 is 9.57 Å². The molecule has 4 nitrogen and oxygen atoms in total. The van der Waals surface area contributed by atoms with E-state index in [4.69, 9.17) is 26.9 Å². The Kier molecular flexibility index (Phi) is 4.65. The normalized spacial score (nSPS) is 11.4. The van der Waals surface area contributed by atoms with Crippen molar-refractivity contribution in [3.8, 4) is 5.75 Å². The van der Waals surface area contributed by atoms with Gasteiger partial charge in [-0.3, -0.25) is 0 Å². The lowest BCUT2D eigenvalue weighted by atomic mass is 10.2. The first-order valence-corrected chi connectivity index (χ1v) is 6.72. The molecule has 0 radical (unpaired) electrons. The Morgan fingerprint density at radius 1 is 1.26 bits per heavy atom. The number of benzene rings is 1. The molecule has 1 heterocycles. The number of halogens is 1. The third-order valence-corrected chi connectivity index (χ3v) is 3.59. The number of nitrogens with two attached hydrogens (primary N) is 1. The van der Waals surface area contributed by atoms with Gasteiger partial charge in [0.25, 0.3) is 0 Å². The Morgan fingerprint density at radius 3 is 2.58 bits per heavy atom. The SMILES string of the molecule is COc1ccc(/C(N)=N/OCc2ccc(Cl)s2)cc1. The van der Waals surface area contributed by atoms with Gasteiger partial charge in [0.2, 0.25) is 0 Å². The molecule has 1 aromatic heterocycles. The predicted molar refractivity (Wildman–Crippen MR) is 77.8 cm³/mol. The number of thiophene rings is 1. The van der Waals surface area contributed by atoms with Gasteiger partial charge in [0, 0.05) is 10.4 Å². The van der Waals surface area contributed by atoms with Gasteiger partial charge < -0.3 is 15.3 Å². The zero-order chi connectivity index (χ0) is 13.7. The molecule has 6 heteroatoms. The van der Waals surface area contributed by atoms with Crippen molar-refractivity contribution in [1.29, 1.82) is 0 Å². The van der Waals surface area contributed by atoms with Crippen molar-refractivity contribution in [3.63, 3.8) is 0 Å². The second-order valence-electron chi connectivity index (χ2n) is 3.68. The number of rotatable bonds is 5. The van der Waals surface area contributed by atoms with Crippen molar-refractivity contribution in [2.75, 3.05) is 7.11 Å². The number of oxime groups is 1. The van der Waals surface area contributed by atoms with Crippen molar-refractivity contribution >= 4 is 28.8 Å². The summed E-state index contributed by atoms with van der Waals surface area (Å²) in [5, 5.41) is 3.87. The van der Waals surface area contributed by atoms with E-state index in [0.29, 0.717) is 12.4 Å². The topological polar surface area (TPSA) is 56.8 Å². The fourth-order valence-electron chi connectivity index (χ4n) is 1.41. The quantitative estimate of drug-likeness (QED) is 0.523. The summed E-state index contributed by atoms with van der Waals surface area (Å²) in [7, 11) is 1.61. The van der Waals surface area contributed by atoms with E-state index in [1.165, 1.54) is 11.3 Å². The molecule has 2 aromatic rings. The third-order valence-electron chi connectivity index (χ3n) is 2.38. The number of hydrogen-bond donors (Lipinski definition) is 1. The molecule has 1 aromatic carbocycles. The van der Waals surface area contributed by atoms with Gasteiger partial charge in [0.1, 0.15) is 5.75 Å². The highest BCUT2D eigenvalue weighted by molar-refractivity contribution is 7.16. The molecule has 0 unspecified atom stereocenters. The summed E-state index contributed by atoms with van der Waals surface area (Å²) in [5.41, 5.74) is 6.60. The molecule has 0 spiro atoms. The molecule has 0 aliphatic heterocycles. The van der Waals surface area contributed by atoms with E-state index in [1.807, 2.05) is 36.4 Å². The van der Waals surface area contributed by atoms with Crippen LogP contribution in [0.2, 0.25) is 4.34 Å². The number of amidine groups is 1. The number of nitrogens with zero attached hydrogens (tertiary/aromatic N) is 1. The maximum Gasteiger partial charge on any atom is 0.170 e. The van der Waals surface area contributed by atoms with Crippen molar-refractivity contribution in [3.05, 3.63) is 51.2 Å². The average Bonchev–Trinajstić information content (AvgIpc) is 2.84. The average molecular weight is 297 g/mol. The molecule has 19 heavy (non-hydrogen) atoms. The van der Waals surface area contributed by atoms with Crippen LogP contribution in [-0.4, -0.2) is 12.9 Å². The van der Waals surface area contributed by atoms with Crippen LogP contribution in [0.5, 0.6) is 5.75 Å². The summed E-state index contributed by atoms with van der Waals surface area (Å²) in [6, 6.07) is 11.0. The summed E-state index contributed by atoms with van der Waals surface area (Å²) in [5.74, 6) is 1.09. The molecule has 100 valence electrons. The van der Waals surface area contributed by atoms with Gasteiger partial charge in [0.15, 0.2) is 12.4 Å². The van der Waals surface area contributed by atoms with E-state index in [9.17, 15) is 0 Å². The van der Waals surface area contributed by atoms with E-state index in [2.05, 4.69) is 5.16 Å². The molecule has 0 aliphatic rings. The fourth-order valence-corrected chi connectivity index (χ4v) is 2.40. The minimum atomic E-state index is 0.324. The largest absolute Gasteiger partial charge is 0.497 e. The first-order valence-electron chi connectivity index (χ1n) is 5.53. The van der Waals surface area contributed by atoms with Crippen LogP contribution in [0.3, 0.4) is 0 Å². The standard InChI is InChI=1S/C13H13ClN2O2S/c1-17-10-4-2-9(3-5-10)13(15)16-18-8-11-6-7-12(14)19-11/h2-7H,8H2,1H3,(H2,15,16). The van der Waals surface area contributed by atoms with Crippen LogP contribution in [0.15, 0.2) is 41.6 Å². The van der Waals surface area contributed by atoms with E-state index in [0.717, 1.165) is 20.5 Å². The van der Waals surface area contributed by atoms with Gasteiger partial charge in [-0.2, -0.15) is 0 Å². The van der Waals surface area contributed by atoms with Crippen LogP contribution in [-0.2, 0) is 11.4 Å². The minimum Gasteiger partial charge on any atom is -0.497 e. The van der Waals surface area contributed by atoms with Gasteiger partial charge in [-0.05, 0) is 36.4 Å². The highest BCUT2D eigenvalue weighted by atomic mass is 35.5. The molecule has 2 N–H and O–H groups in total. The lowest BCUT2D eigenvalue weighted by Gasteiger charge is -2.03. The zero-order valence-electron chi connectivity index (χ0n) is 10.3. The zero-order valence-corrected chi connectivity index (χ0v) is 11.9. The van der Waals surface area contributed by atoms with Crippen LogP contribution in [0.1, 0.15) is 10.4 Å². The molecule has 0 saturated carbocycles. The first-order chi connectivity index (χ1) is 9.19. The smallest absolute Gasteiger partial charge is 0.170 e.